The van der Waals surface area contributed by atoms with Crippen LogP contribution in [0.5, 0.6) is 0 Å². The summed E-state index contributed by atoms with van der Waals surface area (Å²) in [6.07, 6.45) is 0. The molecular weight excluding hydrogens is 279 g/mol. The molecule has 0 atom stereocenters. The molecule has 2 aromatic rings. The zero-order chi connectivity index (χ0) is 14.9. The summed E-state index contributed by atoms with van der Waals surface area (Å²) in [5.41, 5.74) is 2.43. The SMILES string of the molecule is Cc1cc(C(=O)CCl)c(C)n1-c1ccc(C#N)cc1F. The quantitative estimate of drug-likeness (QED) is 0.641. The van der Waals surface area contributed by atoms with Crippen molar-refractivity contribution in [2.24, 2.45) is 0 Å². The van der Waals surface area contributed by atoms with Crippen molar-refractivity contribution in [3.63, 3.8) is 0 Å². The molecule has 1 aromatic heterocycles. The monoisotopic (exact) mass is 290 g/mol. The maximum absolute atomic E-state index is 14.1. The number of ketones is 1. The van der Waals surface area contributed by atoms with Gasteiger partial charge in [0.05, 0.1) is 23.2 Å². The fraction of sp³-hybridized carbons (Fsp3) is 0.200. The lowest BCUT2D eigenvalue weighted by Gasteiger charge is -2.11. The largest absolute Gasteiger partial charge is 0.315 e. The van der Waals surface area contributed by atoms with E-state index in [0.717, 1.165) is 5.69 Å². The van der Waals surface area contributed by atoms with Crippen molar-refractivity contribution in [2.75, 3.05) is 5.88 Å². The molecule has 20 heavy (non-hydrogen) atoms. The van der Waals surface area contributed by atoms with Gasteiger partial charge in [-0.2, -0.15) is 5.26 Å². The van der Waals surface area contributed by atoms with Gasteiger partial charge in [-0.1, -0.05) is 0 Å². The molecule has 1 aromatic carbocycles. The van der Waals surface area contributed by atoms with Gasteiger partial charge in [-0.3, -0.25) is 4.79 Å². The average Bonchev–Trinajstić information content (AvgIpc) is 2.73. The van der Waals surface area contributed by atoms with Crippen molar-refractivity contribution in [3.05, 3.63) is 52.6 Å². The van der Waals surface area contributed by atoms with Crippen LogP contribution in [0.25, 0.3) is 5.69 Å². The summed E-state index contributed by atoms with van der Waals surface area (Å²) in [6.45, 7) is 3.53. The fourth-order valence-corrected chi connectivity index (χ4v) is 2.39. The smallest absolute Gasteiger partial charge is 0.179 e. The second-order valence-corrected chi connectivity index (χ2v) is 4.72. The Morgan fingerprint density at radius 2 is 2.10 bits per heavy atom. The highest BCUT2D eigenvalue weighted by atomic mass is 35.5. The van der Waals surface area contributed by atoms with Crippen LogP contribution in [0, 0.1) is 31.0 Å². The van der Waals surface area contributed by atoms with Crippen LogP contribution in [0.15, 0.2) is 24.3 Å². The normalized spacial score (nSPS) is 10.3. The lowest BCUT2D eigenvalue weighted by atomic mass is 10.2. The van der Waals surface area contributed by atoms with Gasteiger partial charge in [0.2, 0.25) is 0 Å². The highest BCUT2D eigenvalue weighted by Gasteiger charge is 2.17. The first kappa shape index (κ1) is 14.3. The lowest BCUT2D eigenvalue weighted by Crippen LogP contribution is -2.05. The number of aromatic nitrogens is 1. The molecule has 0 bridgehead atoms. The van der Waals surface area contributed by atoms with Crippen LogP contribution in [0.2, 0.25) is 0 Å². The average molecular weight is 291 g/mol. The van der Waals surface area contributed by atoms with E-state index < -0.39 is 5.82 Å². The Kier molecular flexibility index (Phi) is 3.91. The molecular formula is C15H12ClFN2O. The molecule has 0 N–H and O–H groups in total. The number of nitriles is 1. The summed E-state index contributed by atoms with van der Waals surface area (Å²) in [7, 11) is 0. The first-order chi connectivity index (χ1) is 9.49. The van der Waals surface area contributed by atoms with Gasteiger partial charge in [0.1, 0.15) is 5.82 Å². The Bertz CT molecular complexity index is 728. The first-order valence-electron chi connectivity index (χ1n) is 5.97. The van der Waals surface area contributed by atoms with E-state index in [1.54, 1.807) is 30.5 Å². The van der Waals surface area contributed by atoms with E-state index in [4.69, 9.17) is 16.9 Å². The van der Waals surface area contributed by atoms with E-state index in [-0.39, 0.29) is 17.2 Å². The number of Topliss-reactive ketones (excluding diaryl/α,β-unsaturated/α-hetero) is 1. The van der Waals surface area contributed by atoms with Crippen LogP contribution in [0.3, 0.4) is 0 Å². The summed E-state index contributed by atoms with van der Waals surface area (Å²) >= 11 is 5.57. The molecule has 1 heterocycles. The van der Waals surface area contributed by atoms with Crippen molar-refractivity contribution in [1.82, 2.24) is 4.57 Å². The van der Waals surface area contributed by atoms with Crippen LogP contribution in [-0.4, -0.2) is 16.2 Å². The number of hydrogen-bond donors (Lipinski definition) is 0. The molecule has 3 nitrogen and oxygen atoms in total. The second kappa shape index (κ2) is 5.48. The summed E-state index contributed by atoms with van der Waals surface area (Å²) in [5, 5.41) is 8.76. The van der Waals surface area contributed by atoms with Crippen molar-refractivity contribution in [2.45, 2.75) is 13.8 Å². The highest BCUT2D eigenvalue weighted by Crippen LogP contribution is 2.24. The third-order valence-corrected chi connectivity index (χ3v) is 3.41. The van der Waals surface area contributed by atoms with Crippen molar-refractivity contribution >= 4 is 17.4 Å². The molecule has 0 aliphatic carbocycles. The zero-order valence-electron chi connectivity index (χ0n) is 11.1. The molecule has 0 unspecified atom stereocenters. The molecule has 0 amide bonds. The fourth-order valence-electron chi connectivity index (χ4n) is 2.25. The Hall–Kier alpha value is -2.12. The van der Waals surface area contributed by atoms with E-state index in [1.165, 1.54) is 12.1 Å². The molecule has 0 spiro atoms. The van der Waals surface area contributed by atoms with Crippen LogP contribution in [-0.2, 0) is 0 Å². The number of benzene rings is 1. The topological polar surface area (TPSA) is 45.8 Å². The minimum atomic E-state index is -0.504. The molecule has 5 heteroatoms. The number of hydrogen-bond acceptors (Lipinski definition) is 2. The van der Waals surface area contributed by atoms with Gasteiger partial charge in [0.25, 0.3) is 0 Å². The molecule has 0 saturated heterocycles. The van der Waals surface area contributed by atoms with E-state index in [9.17, 15) is 9.18 Å². The number of aryl methyl sites for hydroxylation is 1. The summed E-state index contributed by atoms with van der Waals surface area (Å²) in [6, 6.07) is 7.83. The molecule has 0 saturated carbocycles. The number of carbonyl (C=O) groups is 1. The lowest BCUT2D eigenvalue weighted by molar-refractivity contribution is 0.102. The first-order valence-corrected chi connectivity index (χ1v) is 6.51. The van der Waals surface area contributed by atoms with Crippen LogP contribution in [0.4, 0.5) is 4.39 Å². The van der Waals surface area contributed by atoms with Crippen LogP contribution >= 0.6 is 11.6 Å². The Morgan fingerprint density at radius 1 is 1.40 bits per heavy atom. The van der Waals surface area contributed by atoms with Crippen molar-refractivity contribution < 1.29 is 9.18 Å². The van der Waals surface area contributed by atoms with Gasteiger partial charge in [0, 0.05) is 17.0 Å². The minimum Gasteiger partial charge on any atom is -0.315 e. The predicted molar refractivity (Wildman–Crippen MR) is 75.0 cm³/mol. The summed E-state index contributed by atoms with van der Waals surface area (Å²) < 4.78 is 15.7. The van der Waals surface area contributed by atoms with Crippen LogP contribution in [0.1, 0.15) is 27.3 Å². The van der Waals surface area contributed by atoms with Gasteiger partial charge in [-0.05, 0) is 38.1 Å². The Morgan fingerprint density at radius 3 is 2.65 bits per heavy atom. The number of halogens is 2. The van der Waals surface area contributed by atoms with Gasteiger partial charge >= 0.3 is 0 Å². The Balaban J connectivity index is 2.62. The second-order valence-electron chi connectivity index (χ2n) is 4.46. The van der Waals surface area contributed by atoms with E-state index in [0.29, 0.717) is 16.9 Å². The van der Waals surface area contributed by atoms with E-state index in [1.807, 2.05) is 6.07 Å². The Labute approximate surface area is 121 Å². The number of carbonyl (C=O) groups excluding carboxylic acids is 1. The van der Waals surface area contributed by atoms with E-state index in [2.05, 4.69) is 0 Å². The summed E-state index contributed by atoms with van der Waals surface area (Å²) in [5.74, 6) is -0.809. The molecule has 0 aliphatic rings. The number of nitrogens with zero attached hydrogens (tertiary/aromatic N) is 2. The van der Waals surface area contributed by atoms with Crippen molar-refractivity contribution in [1.29, 1.82) is 5.26 Å². The maximum atomic E-state index is 14.1. The van der Waals surface area contributed by atoms with E-state index >= 15 is 0 Å². The van der Waals surface area contributed by atoms with Gasteiger partial charge in [0.15, 0.2) is 5.78 Å². The van der Waals surface area contributed by atoms with Gasteiger partial charge < -0.3 is 4.57 Å². The standard InChI is InChI=1S/C15H12ClFN2O/c1-9-5-12(15(20)7-16)10(2)19(9)14-4-3-11(8-18)6-13(14)17/h3-6H,7H2,1-2H3. The molecule has 0 aliphatic heterocycles. The number of alkyl halides is 1. The molecule has 102 valence electrons. The third-order valence-electron chi connectivity index (χ3n) is 3.17. The zero-order valence-corrected chi connectivity index (χ0v) is 11.8. The molecule has 2 rings (SSSR count). The molecule has 0 fully saturated rings. The van der Waals surface area contributed by atoms with Crippen molar-refractivity contribution in [3.8, 4) is 11.8 Å². The minimum absolute atomic E-state index is 0.111. The maximum Gasteiger partial charge on any atom is 0.179 e. The van der Waals surface area contributed by atoms with Gasteiger partial charge in [-0.15, -0.1) is 11.6 Å². The highest BCUT2D eigenvalue weighted by molar-refractivity contribution is 6.30. The number of rotatable bonds is 3. The van der Waals surface area contributed by atoms with Crippen LogP contribution < -0.4 is 0 Å². The summed E-state index contributed by atoms with van der Waals surface area (Å²) in [4.78, 5) is 11.7. The predicted octanol–water partition coefficient (Wildman–Crippen LogP) is 3.53. The third kappa shape index (κ3) is 2.33. The molecule has 0 radical (unpaired) electrons. The van der Waals surface area contributed by atoms with Gasteiger partial charge in [-0.25, -0.2) is 4.39 Å².